The molecule has 1 aliphatic rings. The molecule has 1 aromatic rings. The molecule has 1 unspecified atom stereocenters. The lowest BCUT2D eigenvalue weighted by atomic mass is 10.1. The Morgan fingerprint density at radius 2 is 2.12 bits per heavy atom. The summed E-state index contributed by atoms with van der Waals surface area (Å²) >= 11 is 5.83. The van der Waals surface area contributed by atoms with E-state index in [1.807, 2.05) is 0 Å². The van der Waals surface area contributed by atoms with E-state index in [9.17, 15) is 14.0 Å². The second-order valence-electron chi connectivity index (χ2n) is 3.44. The summed E-state index contributed by atoms with van der Waals surface area (Å²) in [5.74, 6) is -1.17. The van der Waals surface area contributed by atoms with Gasteiger partial charge in [0.2, 0.25) is 0 Å². The fourth-order valence-electron chi connectivity index (χ4n) is 1.65. The quantitative estimate of drug-likeness (QED) is 0.762. The molecule has 0 saturated carbocycles. The number of hydrogen-bond donors (Lipinski definition) is 1. The minimum Gasteiger partial charge on any atom is -0.311 e. The lowest BCUT2D eigenvalue weighted by molar-refractivity contribution is -0.121. The molecule has 2 rings (SSSR count). The third-order valence-electron chi connectivity index (χ3n) is 2.46. The monoisotopic (exact) mass is 242 g/mol. The Bertz CT molecular complexity index is 458. The van der Waals surface area contributed by atoms with Gasteiger partial charge >= 0.3 is 6.03 Å². The summed E-state index contributed by atoms with van der Waals surface area (Å²) in [7, 11) is 1.41. The molecular weight excluding hydrogens is 235 g/mol. The van der Waals surface area contributed by atoms with Gasteiger partial charge in [-0.05, 0) is 12.1 Å². The molecule has 0 bridgehead atoms. The average molecular weight is 243 g/mol. The van der Waals surface area contributed by atoms with Gasteiger partial charge in [0.25, 0.3) is 5.91 Å². The van der Waals surface area contributed by atoms with Crippen molar-refractivity contribution in [3.63, 3.8) is 0 Å². The molecule has 0 aromatic heterocycles. The first-order valence-corrected chi connectivity index (χ1v) is 4.91. The number of carbonyl (C=O) groups excluding carboxylic acids is 2. The Hall–Kier alpha value is -1.62. The van der Waals surface area contributed by atoms with Gasteiger partial charge < -0.3 is 4.90 Å². The van der Waals surface area contributed by atoms with Crippen LogP contribution in [-0.2, 0) is 4.79 Å². The van der Waals surface area contributed by atoms with Crippen LogP contribution in [-0.4, -0.2) is 23.9 Å². The first-order valence-electron chi connectivity index (χ1n) is 4.54. The summed E-state index contributed by atoms with van der Waals surface area (Å²) in [6, 6.07) is 2.56. The zero-order chi connectivity index (χ0) is 11.9. The van der Waals surface area contributed by atoms with Gasteiger partial charge in [-0.25, -0.2) is 9.18 Å². The van der Waals surface area contributed by atoms with E-state index in [-0.39, 0.29) is 10.6 Å². The third kappa shape index (κ3) is 1.53. The molecule has 3 amide bonds. The number of nitrogens with one attached hydrogen (secondary N) is 1. The van der Waals surface area contributed by atoms with E-state index in [4.69, 9.17) is 11.6 Å². The standard InChI is InChI=1S/C10H8ClFN2O2/c1-14-8(9(15)13-10(14)16)7-5(11)3-2-4-6(7)12/h2-4,8H,1H3,(H,13,15,16). The van der Waals surface area contributed by atoms with Crippen molar-refractivity contribution in [1.82, 2.24) is 10.2 Å². The Labute approximate surface area is 96.0 Å². The summed E-state index contributed by atoms with van der Waals surface area (Å²) in [4.78, 5) is 23.8. The maximum atomic E-state index is 13.6. The first kappa shape index (κ1) is 10.9. The SMILES string of the molecule is CN1C(=O)NC(=O)C1c1c(F)cccc1Cl. The number of carbonyl (C=O) groups is 2. The van der Waals surface area contributed by atoms with Crippen LogP contribution < -0.4 is 5.32 Å². The van der Waals surface area contributed by atoms with Crippen LogP contribution >= 0.6 is 11.6 Å². The number of likely N-dealkylation sites (N-methyl/N-ethyl adjacent to an activating group) is 1. The minimum absolute atomic E-state index is 0.0232. The largest absolute Gasteiger partial charge is 0.324 e. The summed E-state index contributed by atoms with van der Waals surface area (Å²) in [5.41, 5.74) is 0.0232. The highest BCUT2D eigenvalue weighted by atomic mass is 35.5. The molecule has 1 heterocycles. The van der Waals surface area contributed by atoms with Gasteiger partial charge in [0, 0.05) is 17.6 Å². The molecule has 0 aliphatic carbocycles. The number of nitrogens with zero attached hydrogens (tertiary/aromatic N) is 1. The highest BCUT2D eigenvalue weighted by Gasteiger charge is 2.39. The Balaban J connectivity index is 2.52. The van der Waals surface area contributed by atoms with E-state index in [1.54, 1.807) is 0 Å². The fourth-order valence-corrected chi connectivity index (χ4v) is 1.92. The van der Waals surface area contributed by atoms with Gasteiger partial charge in [-0.1, -0.05) is 17.7 Å². The Morgan fingerprint density at radius 3 is 2.62 bits per heavy atom. The van der Waals surface area contributed by atoms with E-state index < -0.39 is 23.8 Å². The molecule has 84 valence electrons. The van der Waals surface area contributed by atoms with Crippen molar-refractivity contribution in [2.24, 2.45) is 0 Å². The van der Waals surface area contributed by atoms with E-state index in [1.165, 1.54) is 25.2 Å². The molecule has 1 saturated heterocycles. The van der Waals surface area contributed by atoms with E-state index in [0.717, 1.165) is 4.90 Å². The van der Waals surface area contributed by atoms with Crippen LogP contribution in [0, 0.1) is 5.82 Å². The third-order valence-corrected chi connectivity index (χ3v) is 2.79. The number of hydrogen-bond acceptors (Lipinski definition) is 2. The number of urea groups is 1. The smallest absolute Gasteiger partial charge is 0.311 e. The van der Waals surface area contributed by atoms with Gasteiger partial charge in [0.15, 0.2) is 0 Å². The molecule has 16 heavy (non-hydrogen) atoms. The van der Waals surface area contributed by atoms with Crippen LogP contribution in [0.25, 0.3) is 0 Å². The highest BCUT2D eigenvalue weighted by molar-refractivity contribution is 6.31. The minimum atomic E-state index is -0.999. The number of rotatable bonds is 1. The van der Waals surface area contributed by atoms with Crippen molar-refractivity contribution < 1.29 is 14.0 Å². The van der Waals surface area contributed by atoms with E-state index >= 15 is 0 Å². The topological polar surface area (TPSA) is 49.4 Å². The first-order chi connectivity index (χ1) is 7.52. The summed E-state index contributed by atoms with van der Waals surface area (Å²) < 4.78 is 13.6. The summed E-state index contributed by atoms with van der Waals surface area (Å²) in [6.45, 7) is 0. The van der Waals surface area contributed by atoms with E-state index in [0.29, 0.717) is 0 Å². The highest BCUT2D eigenvalue weighted by Crippen LogP contribution is 2.31. The predicted octanol–water partition coefficient (Wildman–Crippen LogP) is 1.70. The normalized spacial score (nSPS) is 20.2. The number of amides is 3. The zero-order valence-electron chi connectivity index (χ0n) is 8.33. The maximum absolute atomic E-state index is 13.6. The van der Waals surface area contributed by atoms with Gasteiger partial charge in [0.1, 0.15) is 11.9 Å². The van der Waals surface area contributed by atoms with Crippen LogP contribution in [0.5, 0.6) is 0 Å². The predicted molar refractivity (Wildman–Crippen MR) is 55.5 cm³/mol. The van der Waals surface area contributed by atoms with Crippen LogP contribution in [0.4, 0.5) is 9.18 Å². The van der Waals surface area contributed by atoms with Crippen LogP contribution in [0.3, 0.4) is 0 Å². The molecule has 0 radical (unpaired) electrons. The van der Waals surface area contributed by atoms with Crippen molar-refractivity contribution in [2.75, 3.05) is 7.05 Å². The molecule has 1 N–H and O–H groups in total. The maximum Gasteiger partial charge on any atom is 0.324 e. The van der Waals surface area contributed by atoms with Gasteiger partial charge in [-0.15, -0.1) is 0 Å². The average Bonchev–Trinajstić information content (AvgIpc) is 2.44. The summed E-state index contributed by atoms with van der Waals surface area (Å²) in [5, 5.41) is 2.22. The van der Waals surface area contributed by atoms with Crippen molar-refractivity contribution in [1.29, 1.82) is 0 Å². The zero-order valence-corrected chi connectivity index (χ0v) is 9.08. The molecule has 6 heteroatoms. The Kier molecular flexibility index (Phi) is 2.55. The number of imide groups is 1. The molecule has 1 fully saturated rings. The van der Waals surface area contributed by atoms with Crippen LogP contribution in [0.15, 0.2) is 18.2 Å². The van der Waals surface area contributed by atoms with Gasteiger partial charge in [0.05, 0.1) is 0 Å². The number of benzene rings is 1. The Morgan fingerprint density at radius 1 is 1.44 bits per heavy atom. The molecule has 0 spiro atoms. The van der Waals surface area contributed by atoms with Gasteiger partial charge in [-0.2, -0.15) is 0 Å². The fraction of sp³-hybridized carbons (Fsp3) is 0.200. The second-order valence-corrected chi connectivity index (χ2v) is 3.85. The molecule has 1 aliphatic heterocycles. The molecule has 1 aromatic carbocycles. The number of halogens is 2. The van der Waals surface area contributed by atoms with Crippen molar-refractivity contribution in [2.45, 2.75) is 6.04 Å². The molecule has 4 nitrogen and oxygen atoms in total. The van der Waals surface area contributed by atoms with Gasteiger partial charge in [-0.3, -0.25) is 10.1 Å². The van der Waals surface area contributed by atoms with E-state index in [2.05, 4.69) is 5.32 Å². The van der Waals surface area contributed by atoms with Crippen molar-refractivity contribution in [3.8, 4) is 0 Å². The second kappa shape index (κ2) is 3.75. The van der Waals surface area contributed by atoms with Crippen LogP contribution in [0.2, 0.25) is 5.02 Å². The lowest BCUT2D eigenvalue weighted by Crippen LogP contribution is -2.25. The lowest BCUT2D eigenvalue weighted by Gasteiger charge is -2.18. The molecular formula is C10H8ClFN2O2. The van der Waals surface area contributed by atoms with Crippen LogP contribution in [0.1, 0.15) is 11.6 Å². The van der Waals surface area contributed by atoms with Crippen molar-refractivity contribution in [3.05, 3.63) is 34.6 Å². The summed E-state index contributed by atoms with van der Waals surface area (Å²) in [6.07, 6.45) is 0. The molecule has 1 atom stereocenters. The van der Waals surface area contributed by atoms with Crippen molar-refractivity contribution >= 4 is 23.5 Å².